The average molecular weight is 131 g/mol. The predicted molar refractivity (Wildman–Crippen MR) is 41.9 cm³/mol. The van der Waals surface area contributed by atoms with Gasteiger partial charge < -0.3 is 0 Å². The largest absolute Gasteiger partial charge is 0.158 e. The van der Waals surface area contributed by atoms with Gasteiger partial charge in [-0.3, -0.25) is 0 Å². The normalized spacial score (nSPS) is 10.5. The summed E-state index contributed by atoms with van der Waals surface area (Å²) in [6.07, 6.45) is 1.34. The van der Waals surface area contributed by atoms with E-state index in [9.17, 15) is 0 Å². The van der Waals surface area contributed by atoms with Crippen molar-refractivity contribution < 1.29 is 0 Å². The SMILES string of the molecule is C[CH]SCCC(C)C. The Morgan fingerprint density at radius 2 is 2.12 bits per heavy atom. The average Bonchev–Trinajstić information content (AvgIpc) is 1.66. The van der Waals surface area contributed by atoms with Gasteiger partial charge in [0.05, 0.1) is 0 Å². The highest BCUT2D eigenvalue weighted by molar-refractivity contribution is 8.01. The summed E-state index contributed by atoms with van der Waals surface area (Å²) in [6.45, 7) is 6.61. The number of hydrogen-bond donors (Lipinski definition) is 0. The lowest BCUT2D eigenvalue weighted by molar-refractivity contribution is 0.632. The first-order chi connectivity index (χ1) is 3.77. The van der Waals surface area contributed by atoms with Crippen molar-refractivity contribution >= 4 is 11.8 Å². The quantitative estimate of drug-likeness (QED) is 0.529. The van der Waals surface area contributed by atoms with Crippen LogP contribution in [0.5, 0.6) is 0 Å². The molecule has 0 aromatic rings. The standard InChI is InChI=1S/C7H15S/c1-4-8-6-5-7(2)3/h4,7H,5-6H2,1-3H3. The van der Waals surface area contributed by atoms with Crippen molar-refractivity contribution in [2.24, 2.45) is 5.92 Å². The maximum Gasteiger partial charge on any atom is 0.0135 e. The summed E-state index contributed by atoms with van der Waals surface area (Å²) in [4.78, 5) is 0. The molecular weight excluding hydrogens is 116 g/mol. The van der Waals surface area contributed by atoms with Crippen LogP contribution >= 0.6 is 11.8 Å². The Hall–Kier alpha value is 0.350. The summed E-state index contributed by atoms with van der Waals surface area (Å²) in [5.41, 5.74) is 0. The van der Waals surface area contributed by atoms with E-state index in [1.165, 1.54) is 12.2 Å². The molecule has 0 fully saturated rings. The summed E-state index contributed by atoms with van der Waals surface area (Å²) in [7, 11) is 0. The van der Waals surface area contributed by atoms with Gasteiger partial charge in [0.25, 0.3) is 0 Å². The minimum absolute atomic E-state index is 0.863. The second-order valence-electron chi connectivity index (χ2n) is 2.29. The summed E-state index contributed by atoms with van der Waals surface area (Å²) >= 11 is 1.91. The van der Waals surface area contributed by atoms with E-state index in [-0.39, 0.29) is 0 Å². The fourth-order valence-corrected chi connectivity index (χ4v) is 1.26. The molecule has 8 heavy (non-hydrogen) atoms. The molecule has 1 heteroatoms. The first kappa shape index (κ1) is 8.35. The second-order valence-corrected chi connectivity index (χ2v) is 3.50. The monoisotopic (exact) mass is 131 g/mol. The number of hydrogen-bond acceptors (Lipinski definition) is 1. The molecule has 0 aromatic heterocycles. The molecule has 0 aliphatic rings. The molecule has 0 aromatic carbocycles. The highest BCUT2D eigenvalue weighted by Gasteiger charge is 1.90. The van der Waals surface area contributed by atoms with Crippen LogP contribution < -0.4 is 0 Å². The molecule has 0 aliphatic carbocycles. The van der Waals surface area contributed by atoms with E-state index in [2.05, 4.69) is 26.5 Å². The van der Waals surface area contributed by atoms with Gasteiger partial charge in [0.15, 0.2) is 0 Å². The lowest BCUT2D eigenvalue weighted by atomic mass is 10.2. The zero-order valence-corrected chi connectivity index (χ0v) is 6.79. The Balaban J connectivity index is 2.72. The van der Waals surface area contributed by atoms with Crippen molar-refractivity contribution in [3.05, 3.63) is 5.75 Å². The molecule has 0 unspecified atom stereocenters. The third kappa shape index (κ3) is 6.35. The Morgan fingerprint density at radius 3 is 2.50 bits per heavy atom. The van der Waals surface area contributed by atoms with Gasteiger partial charge in [-0.05, 0) is 18.1 Å². The van der Waals surface area contributed by atoms with Crippen molar-refractivity contribution in [2.75, 3.05) is 5.75 Å². The van der Waals surface area contributed by atoms with Gasteiger partial charge in [-0.2, -0.15) is 11.8 Å². The molecule has 0 N–H and O–H groups in total. The maximum absolute atomic E-state index is 2.26. The lowest BCUT2D eigenvalue weighted by Crippen LogP contribution is -1.87. The minimum atomic E-state index is 0.863. The first-order valence-corrected chi connectivity index (χ1v) is 4.21. The van der Waals surface area contributed by atoms with Crippen molar-refractivity contribution in [2.45, 2.75) is 27.2 Å². The summed E-state index contributed by atoms with van der Waals surface area (Å²) in [6, 6.07) is 0. The van der Waals surface area contributed by atoms with Crippen LogP contribution in [0, 0.1) is 11.7 Å². The lowest BCUT2D eigenvalue weighted by Gasteiger charge is -2.00. The van der Waals surface area contributed by atoms with E-state index in [0.717, 1.165) is 5.92 Å². The Kier molecular flexibility index (Phi) is 5.73. The second kappa shape index (κ2) is 5.49. The van der Waals surface area contributed by atoms with Gasteiger partial charge in [-0.1, -0.05) is 20.8 Å². The molecule has 0 aliphatic heterocycles. The molecule has 0 atom stereocenters. The highest BCUT2D eigenvalue weighted by atomic mass is 32.2. The molecule has 0 bridgehead atoms. The molecule has 0 saturated carbocycles. The van der Waals surface area contributed by atoms with Gasteiger partial charge in [0.1, 0.15) is 0 Å². The van der Waals surface area contributed by atoms with Crippen molar-refractivity contribution in [1.82, 2.24) is 0 Å². The molecule has 0 amide bonds. The van der Waals surface area contributed by atoms with Crippen LogP contribution in [0.25, 0.3) is 0 Å². The van der Waals surface area contributed by atoms with Crippen LogP contribution in [0.15, 0.2) is 0 Å². The highest BCUT2D eigenvalue weighted by Crippen LogP contribution is 2.09. The van der Waals surface area contributed by atoms with Crippen molar-refractivity contribution in [1.29, 1.82) is 0 Å². The molecule has 0 heterocycles. The predicted octanol–water partition coefficient (Wildman–Crippen LogP) is 2.95. The fraction of sp³-hybridized carbons (Fsp3) is 0.857. The molecule has 0 spiro atoms. The number of rotatable bonds is 4. The van der Waals surface area contributed by atoms with Crippen LogP contribution in [0.3, 0.4) is 0 Å². The van der Waals surface area contributed by atoms with E-state index in [1.807, 2.05) is 11.8 Å². The molecule has 0 rings (SSSR count). The fourth-order valence-electron chi connectivity index (χ4n) is 0.422. The van der Waals surface area contributed by atoms with Crippen LogP contribution in [0.1, 0.15) is 27.2 Å². The van der Waals surface area contributed by atoms with E-state index >= 15 is 0 Å². The Morgan fingerprint density at radius 1 is 1.50 bits per heavy atom. The van der Waals surface area contributed by atoms with Gasteiger partial charge in [0.2, 0.25) is 0 Å². The zero-order chi connectivity index (χ0) is 6.41. The van der Waals surface area contributed by atoms with Crippen LogP contribution in [0.4, 0.5) is 0 Å². The summed E-state index contributed by atoms with van der Waals surface area (Å²) in [5, 5.41) is 0. The van der Waals surface area contributed by atoms with E-state index < -0.39 is 0 Å². The minimum Gasteiger partial charge on any atom is -0.158 e. The van der Waals surface area contributed by atoms with E-state index in [0.29, 0.717) is 0 Å². The Bertz CT molecular complexity index is 41.7. The summed E-state index contributed by atoms with van der Waals surface area (Å²) in [5.74, 6) is 4.30. The summed E-state index contributed by atoms with van der Waals surface area (Å²) < 4.78 is 0. The number of thioether (sulfide) groups is 1. The van der Waals surface area contributed by atoms with E-state index in [4.69, 9.17) is 0 Å². The Labute approximate surface area is 57.1 Å². The molecule has 0 saturated heterocycles. The molecule has 49 valence electrons. The molecular formula is C7H15S. The molecule has 1 radical (unpaired) electrons. The van der Waals surface area contributed by atoms with Crippen LogP contribution in [-0.2, 0) is 0 Å². The van der Waals surface area contributed by atoms with E-state index in [1.54, 1.807) is 0 Å². The van der Waals surface area contributed by atoms with Crippen molar-refractivity contribution in [3.8, 4) is 0 Å². The van der Waals surface area contributed by atoms with Gasteiger partial charge in [-0.15, -0.1) is 0 Å². The topological polar surface area (TPSA) is 0 Å². The maximum atomic E-state index is 2.26. The van der Waals surface area contributed by atoms with Gasteiger partial charge >= 0.3 is 0 Å². The molecule has 0 nitrogen and oxygen atoms in total. The third-order valence-electron chi connectivity index (χ3n) is 0.980. The van der Waals surface area contributed by atoms with Gasteiger partial charge in [0, 0.05) is 5.75 Å². The first-order valence-electron chi connectivity index (χ1n) is 3.16. The van der Waals surface area contributed by atoms with Crippen LogP contribution in [-0.4, -0.2) is 5.75 Å². The zero-order valence-electron chi connectivity index (χ0n) is 5.98. The third-order valence-corrected chi connectivity index (χ3v) is 1.78. The smallest absolute Gasteiger partial charge is 0.0135 e. The van der Waals surface area contributed by atoms with Crippen molar-refractivity contribution in [3.63, 3.8) is 0 Å². The van der Waals surface area contributed by atoms with Gasteiger partial charge in [-0.25, -0.2) is 0 Å². The van der Waals surface area contributed by atoms with Crippen LogP contribution in [0.2, 0.25) is 0 Å².